The number of sulfonamides is 1. The van der Waals surface area contributed by atoms with Crippen LogP contribution in [0.1, 0.15) is 23.7 Å². The van der Waals surface area contributed by atoms with Crippen molar-refractivity contribution in [3.05, 3.63) is 23.8 Å². The zero-order valence-corrected chi connectivity index (χ0v) is 15.4. The summed E-state index contributed by atoms with van der Waals surface area (Å²) in [7, 11) is -2.31. The number of hydrogen-bond donors (Lipinski definition) is 0. The molecule has 2 aliphatic rings. The molecule has 25 heavy (non-hydrogen) atoms. The number of hydrogen-bond acceptors (Lipinski definition) is 5. The summed E-state index contributed by atoms with van der Waals surface area (Å²) in [6, 6.07) is 4.62. The van der Waals surface area contributed by atoms with Crippen molar-refractivity contribution in [2.75, 3.05) is 46.5 Å². The Hall–Kier alpha value is -1.64. The van der Waals surface area contributed by atoms with E-state index in [1.165, 1.54) is 17.5 Å². The lowest BCUT2D eigenvalue weighted by Gasteiger charge is -2.27. The quantitative estimate of drug-likeness (QED) is 0.798. The highest BCUT2D eigenvalue weighted by molar-refractivity contribution is 7.89. The van der Waals surface area contributed by atoms with Crippen LogP contribution in [0, 0.1) is 5.92 Å². The normalized spacial score (nSPS) is 22.2. The Kier molecular flexibility index (Phi) is 5.31. The number of nitrogens with zero attached hydrogens (tertiary/aromatic N) is 2. The molecular formula is C17H24N2O5S. The van der Waals surface area contributed by atoms with Crippen molar-refractivity contribution >= 4 is 15.9 Å². The fraction of sp³-hybridized carbons (Fsp3) is 0.588. The molecule has 3 rings (SSSR count). The fourth-order valence-corrected chi connectivity index (χ4v) is 4.83. The van der Waals surface area contributed by atoms with Crippen LogP contribution < -0.4 is 4.74 Å². The summed E-state index contributed by atoms with van der Waals surface area (Å²) in [5.41, 5.74) is 0.377. The first-order valence-electron chi connectivity index (χ1n) is 8.48. The Morgan fingerprint density at radius 2 is 1.96 bits per heavy atom. The van der Waals surface area contributed by atoms with Gasteiger partial charge in [-0.15, -0.1) is 0 Å². The number of methoxy groups -OCH3 is 1. The number of likely N-dealkylation sites (tertiary alicyclic amines) is 1. The molecule has 1 atom stereocenters. The van der Waals surface area contributed by atoms with E-state index in [-0.39, 0.29) is 16.6 Å². The van der Waals surface area contributed by atoms with Gasteiger partial charge in [0.1, 0.15) is 10.6 Å². The Bertz CT molecular complexity index is 743. The number of amides is 1. The first-order chi connectivity index (χ1) is 11.9. The van der Waals surface area contributed by atoms with Gasteiger partial charge in [0, 0.05) is 31.7 Å². The molecule has 0 radical (unpaired) electrons. The molecule has 1 aromatic carbocycles. The maximum Gasteiger partial charge on any atom is 0.253 e. The number of ether oxygens (including phenoxy) is 2. The van der Waals surface area contributed by atoms with Crippen molar-refractivity contribution in [3.63, 3.8) is 0 Å². The lowest BCUT2D eigenvalue weighted by molar-refractivity contribution is 0.0729. The monoisotopic (exact) mass is 368 g/mol. The van der Waals surface area contributed by atoms with Crippen LogP contribution in [-0.2, 0) is 14.8 Å². The summed E-state index contributed by atoms with van der Waals surface area (Å²) in [5.74, 6) is 0.585. The Labute approximate surface area is 148 Å². The summed E-state index contributed by atoms with van der Waals surface area (Å²) in [6.07, 6.45) is 0.973. The number of morpholine rings is 1. The van der Waals surface area contributed by atoms with Crippen molar-refractivity contribution in [1.29, 1.82) is 0 Å². The Balaban J connectivity index is 1.93. The molecule has 7 nitrogen and oxygen atoms in total. The summed E-state index contributed by atoms with van der Waals surface area (Å²) >= 11 is 0. The van der Waals surface area contributed by atoms with Gasteiger partial charge in [-0.2, -0.15) is 4.31 Å². The third-order valence-corrected chi connectivity index (χ3v) is 6.63. The van der Waals surface area contributed by atoms with Crippen LogP contribution >= 0.6 is 0 Å². The minimum atomic E-state index is -3.74. The largest absolute Gasteiger partial charge is 0.495 e. The first kappa shape index (κ1) is 18.2. The molecule has 1 aromatic rings. The van der Waals surface area contributed by atoms with Crippen molar-refractivity contribution in [3.8, 4) is 5.75 Å². The summed E-state index contributed by atoms with van der Waals surface area (Å²) in [4.78, 5) is 14.5. The van der Waals surface area contributed by atoms with Crippen LogP contribution in [0.3, 0.4) is 0 Å². The van der Waals surface area contributed by atoms with Gasteiger partial charge in [0.05, 0.1) is 20.3 Å². The van der Waals surface area contributed by atoms with Crippen LogP contribution in [0.15, 0.2) is 23.1 Å². The molecular weight excluding hydrogens is 344 g/mol. The molecule has 1 amide bonds. The topological polar surface area (TPSA) is 76.2 Å². The lowest BCUT2D eigenvalue weighted by atomic mass is 10.1. The number of benzene rings is 1. The minimum absolute atomic E-state index is 0.0370. The second-order valence-electron chi connectivity index (χ2n) is 6.53. The van der Waals surface area contributed by atoms with E-state index in [1.54, 1.807) is 17.0 Å². The van der Waals surface area contributed by atoms with Gasteiger partial charge in [0.15, 0.2) is 0 Å². The highest BCUT2D eigenvalue weighted by atomic mass is 32.2. The van der Waals surface area contributed by atoms with E-state index < -0.39 is 10.0 Å². The lowest BCUT2D eigenvalue weighted by Crippen LogP contribution is -2.40. The second kappa shape index (κ2) is 7.31. The maximum absolute atomic E-state index is 13.0. The van der Waals surface area contributed by atoms with Gasteiger partial charge in [-0.05, 0) is 30.5 Å². The molecule has 138 valence electrons. The molecule has 0 bridgehead atoms. The van der Waals surface area contributed by atoms with Crippen LogP contribution in [0.2, 0.25) is 0 Å². The Morgan fingerprint density at radius 1 is 1.24 bits per heavy atom. The molecule has 2 saturated heterocycles. The summed E-state index contributed by atoms with van der Waals surface area (Å²) < 4.78 is 37.8. The average molecular weight is 368 g/mol. The third kappa shape index (κ3) is 3.65. The Morgan fingerprint density at radius 3 is 2.56 bits per heavy atom. The number of carbonyl (C=O) groups excluding carboxylic acids is 1. The zero-order chi connectivity index (χ0) is 18.0. The van der Waals surface area contributed by atoms with Gasteiger partial charge >= 0.3 is 0 Å². The summed E-state index contributed by atoms with van der Waals surface area (Å²) in [6.45, 7) is 4.85. The van der Waals surface area contributed by atoms with Crippen LogP contribution in [-0.4, -0.2) is 70.0 Å². The van der Waals surface area contributed by atoms with Crippen molar-refractivity contribution in [1.82, 2.24) is 9.21 Å². The summed E-state index contributed by atoms with van der Waals surface area (Å²) in [5, 5.41) is 0. The molecule has 1 unspecified atom stereocenters. The molecule has 2 heterocycles. The highest BCUT2D eigenvalue weighted by Crippen LogP contribution is 2.29. The molecule has 0 saturated carbocycles. The van der Waals surface area contributed by atoms with Gasteiger partial charge in [0.25, 0.3) is 5.91 Å². The number of rotatable bonds is 4. The van der Waals surface area contributed by atoms with Gasteiger partial charge in [-0.25, -0.2) is 8.42 Å². The van der Waals surface area contributed by atoms with Gasteiger partial charge in [-0.1, -0.05) is 6.92 Å². The standard InChI is InChI=1S/C17H24N2O5S/c1-13-5-6-18(12-13)17(20)14-3-4-15(23-2)16(11-14)25(21,22)19-7-9-24-10-8-19/h3-4,11,13H,5-10,12H2,1-2H3. The maximum atomic E-state index is 13.0. The predicted molar refractivity (Wildman–Crippen MR) is 92.3 cm³/mol. The first-order valence-corrected chi connectivity index (χ1v) is 9.92. The van der Waals surface area contributed by atoms with E-state index in [1.807, 2.05) is 0 Å². The molecule has 2 fully saturated rings. The van der Waals surface area contributed by atoms with E-state index in [4.69, 9.17) is 9.47 Å². The van der Waals surface area contributed by atoms with Crippen LogP contribution in [0.25, 0.3) is 0 Å². The molecule has 0 aliphatic carbocycles. The van der Waals surface area contributed by atoms with Gasteiger partial charge in [-0.3, -0.25) is 4.79 Å². The predicted octanol–water partition coefficient (Wildman–Crippen LogP) is 1.20. The van der Waals surface area contributed by atoms with E-state index in [0.717, 1.165) is 6.42 Å². The van der Waals surface area contributed by atoms with E-state index in [9.17, 15) is 13.2 Å². The fourth-order valence-electron chi connectivity index (χ4n) is 3.24. The minimum Gasteiger partial charge on any atom is -0.495 e. The van der Waals surface area contributed by atoms with Gasteiger partial charge < -0.3 is 14.4 Å². The van der Waals surface area contributed by atoms with Crippen molar-refractivity contribution in [2.24, 2.45) is 5.92 Å². The van der Waals surface area contributed by atoms with E-state index >= 15 is 0 Å². The molecule has 0 spiro atoms. The molecule has 0 aromatic heterocycles. The average Bonchev–Trinajstić information content (AvgIpc) is 3.07. The highest BCUT2D eigenvalue weighted by Gasteiger charge is 2.31. The second-order valence-corrected chi connectivity index (χ2v) is 8.43. The van der Waals surface area contributed by atoms with E-state index in [2.05, 4.69) is 6.92 Å². The van der Waals surface area contributed by atoms with Crippen molar-refractivity contribution in [2.45, 2.75) is 18.2 Å². The SMILES string of the molecule is COc1ccc(C(=O)N2CCC(C)C2)cc1S(=O)(=O)N1CCOCC1. The third-order valence-electron chi connectivity index (χ3n) is 4.71. The van der Waals surface area contributed by atoms with E-state index in [0.29, 0.717) is 50.9 Å². The smallest absolute Gasteiger partial charge is 0.253 e. The molecule has 2 aliphatic heterocycles. The van der Waals surface area contributed by atoms with Crippen LogP contribution in [0.4, 0.5) is 0 Å². The molecule has 0 N–H and O–H groups in total. The van der Waals surface area contributed by atoms with Crippen molar-refractivity contribution < 1.29 is 22.7 Å². The molecule has 8 heteroatoms. The zero-order valence-electron chi connectivity index (χ0n) is 14.6. The number of carbonyl (C=O) groups is 1. The van der Waals surface area contributed by atoms with Crippen LogP contribution in [0.5, 0.6) is 5.75 Å². The van der Waals surface area contributed by atoms with Gasteiger partial charge in [0.2, 0.25) is 10.0 Å².